The molecule has 60 valence electrons. The number of hydrogen-bond donors (Lipinski definition) is 1. The van der Waals surface area contributed by atoms with Crippen molar-refractivity contribution in [1.82, 2.24) is 0 Å². The molecule has 1 saturated heterocycles. The number of hydrogen-bond acceptors (Lipinski definition) is 2. The first-order chi connectivity index (χ1) is 4.79. The Morgan fingerprint density at radius 1 is 1.50 bits per heavy atom. The Labute approximate surface area is 62.7 Å². The third-order valence-electron chi connectivity index (χ3n) is 2.88. The molecule has 1 unspecified atom stereocenters. The molecule has 2 N–H and O–H groups in total. The first-order valence-corrected chi connectivity index (χ1v) is 4.10. The molecule has 0 saturated carbocycles. The monoisotopic (exact) mass is 143 g/mol. The van der Waals surface area contributed by atoms with E-state index in [0.29, 0.717) is 18.1 Å². The SMILES string of the molecule is CCC1(CC)COC1CN. The van der Waals surface area contributed by atoms with Crippen molar-refractivity contribution in [2.75, 3.05) is 13.2 Å². The third-order valence-corrected chi connectivity index (χ3v) is 2.88. The second-order valence-corrected chi connectivity index (χ2v) is 3.10. The standard InChI is InChI=1S/C8H17NO/c1-3-8(4-2)6-10-7(8)5-9/h7H,3-6,9H2,1-2H3. The maximum Gasteiger partial charge on any atom is 0.0775 e. The molecule has 0 amide bonds. The van der Waals surface area contributed by atoms with E-state index in [1.165, 1.54) is 12.8 Å². The zero-order chi connectivity index (χ0) is 7.61. The molecule has 0 spiro atoms. The van der Waals surface area contributed by atoms with E-state index in [0.717, 1.165) is 6.61 Å². The van der Waals surface area contributed by atoms with E-state index in [-0.39, 0.29) is 0 Å². The molecular formula is C8H17NO. The van der Waals surface area contributed by atoms with Gasteiger partial charge in [0.05, 0.1) is 12.7 Å². The summed E-state index contributed by atoms with van der Waals surface area (Å²) < 4.78 is 5.35. The molecule has 0 aromatic heterocycles. The summed E-state index contributed by atoms with van der Waals surface area (Å²) >= 11 is 0. The van der Waals surface area contributed by atoms with Crippen molar-refractivity contribution in [1.29, 1.82) is 0 Å². The van der Waals surface area contributed by atoms with Gasteiger partial charge in [-0.2, -0.15) is 0 Å². The van der Waals surface area contributed by atoms with Crippen molar-refractivity contribution in [3.8, 4) is 0 Å². The van der Waals surface area contributed by atoms with Gasteiger partial charge in [0.1, 0.15) is 0 Å². The largest absolute Gasteiger partial charge is 0.376 e. The maximum atomic E-state index is 5.54. The first kappa shape index (κ1) is 8.02. The molecular weight excluding hydrogens is 126 g/mol. The van der Waals surface area contributed by atoms with E-state index in [1.54, 1.807) is 0 Å². The van der Waals surface area contributed by atoms with Gasteiger partial charge in [-0.1, -0.05) is 13.8 Å². The lowest BCUT2D eigenvalue weighted by Gasteiger charge is -2.48. The van der Waals surface area contributed by atoms with Gasteiger partial charge in [0, 0.05) is 12.0 Å². The summed E-state index contributed by atoms with van der Waals surface area (Å²) in [7, 11) is 0. The lowest BCUT2D eigenvalue weighted by atomic mass is 9.74. The van der Waals surface area contributed by atoms with Crippen LogP contribution in [0.1, 0.15) is 26.7 Å². The van der Waals surface area contributed by atoms with Crippen molar-refractivity contribution in [3.63, 3.8) is 0 Å². The predicted molar refractivity (Wildman–Crippen MR) is 41.8 cm³/mol. The summed E-state index contributed by atoms with van der Waals surface area (Å²) in [5, 5.41) is 0. The van der Waals surface area contributed by atoms with Crippen LogP contribution in [0.4, 0.5) is 0 Å². The normalized spacial score (nSPS) is 29.7. The van der Waals surface area contributed by atoms with Crippen LogP contribution in [0.3, 0.4) is 0 Å². The van der Waals surface area contributed by atoms with Gasteiger partial charge in [0.25, 0.3) is 0 Å². The highest BCUT2D eigenvalue weighted by Gasteiger charge is 2.44. The highest BCUT2D eigenvalue weighted by Crippen LogP contribution is 2.40. The van der Waals surface area contributed by atoms with E-state index in [2.05, 4.69) is 13.8 Å². The van der Waals surface area contributed by atoms with Gasteiger partial charge in [0.15, 0.2) is 0 Å². The molecule has 0 aliphatic carbocycles. The lowest BCUT2D eigenvalue weighted by Crippen LogP contribution is -2.54. The van der Waals surface area contributed by atoms with Gasteiger partial charge in [-0.15, -0.1) is 0 Å². The van der Waals surface area contributed by atoms with Gasteiger partial charge < -0.3 is 10.5 Å². The fourth-order valence-electron chi connectivity index (χ4n) is 1.66. The topological polar surface area (TPSA) is 35.2 Å². The number of rotatable bonds is 3. The van der Waals surface area contributed by atoms with Gasteiger partial charge >= 0.3 is 0 Å². The summed E-state index contributed by atoms with van der Waals surface area (Å²) in [6.07, 6.45) is 2.74. The van der Waals surface area contributed by atoms with Crippen LogP contribution < -0.4 is 5.73 Å². The van der Waals surface area contributed by atoms with Crippen LogP contribution in [0, 0.1) is 5.41 Å². The molecule has 0 aromatic rings. The van der Waals surface area contributed by atoms with Gasteiger partial charge in [-0.25, -0.2) is 0 Å². The Kier molecular flexibility index (Phi) is 2.32. The van der Waals surface area contributed by atoms with Gasteiger partial charge in [-0.05, 0) is 12.8 Å². The minimum atomic E-state index is 0.336. The second-order valence-electron chi connectivity index (χ2n) is 3.10. The van der Waals surface area contributed by atoms with Crippen molar-refractivity contribution in [2.24, 2.45) is 11.1 Å². The van der Waals surface area contributed by atoms with Crippen LogP contribution in [-0.2, 0) is 4.74 Å². The molecule has 1 heterocycles. The Morgan fingerprint density at radius 2 is 2.10 bits per heavy atom. The number of ether oxygens (including phenoxy) is 1. The van der Waals surface area contributed by atoms with Crippen LogP contribution >= 0.6 is 0 Å². The molecule has 2 heteroatoms. The lowest BCUT2D eigenvalue weighted by molar-refractivity contribution is -0.184. The summed E-state index contributed by atoms with van der Waals surface area (Å²) in [6.45, 7) is 6.03. The molecule has 2 nitrogen and oxygen atoms in total. The van der Waals surface area contributed by atoms with E-state index in [9.17, 15) is 0 Å². The fraction of sp³-hybridized carbons (Fsp3) is 1.00. The summed E-state index contributed by atoms with van der Waals surface area (Å²) in [5.74, 6) is 0. The quantitative estimate of drug-likeness (QED) is 0.643. The minimum absolute atomic E-state index is 0.336. The smallest absolute Gasteiger partial charge is 0.0775 e. The molecule has 0 aromatic carbocycles. The average Bonchev–Trinajstić information content (AvgIpc) is 1.90. The highest BCUT2D eigenvalue weighted by molar-refractivity contribution is 4.93. The first-order valence-electron chi connectivity index (χ1n) is 4.10. The van der Waals surface area contributed by atoms with Crippen molar-refractivity contribution in [3.05, 3.63) is 0 Å². The summed E-state index contributed by atoms with van der Waals surface area (Å²) in [6, 6.07) is 0. The Hall–Kier alpha value is -0.0800. The molecule has 0 bridgehead atoms. The molecule has 10 heavy (non-hydrogen) atoms. The molecule has 1 aliphatic rings. The maximum absolute atomic E-state index is 5.54. The molecule has 1 aliphatic heterocycles. The Bertz CT molecular complexity index is 102. The zero-order valence-electron chi connectivity index (χ0n) is 6.89. The zero-order valence-corrected chi connectivity index (χ0v) is 6.89. The summed E-state index contributed by atoms with van der Waals surface area (Å²) in [4.78, 5) is 0. The Morgan fingerprint density at radius 3 is 2.20 bits per heavy atom. The van der Waals surface area contributed by atoms with Crippen molar-refractivity contribution in [2.45, 2.75) is 32.8 Å². The van der Waals surface area contributed by atoms with Crippen LogP contribution in [0.2, 0.25) is 0 Å². The van der Waals surface area contributed by atoms with Crippen molar-refractivity contribution >= 4 is 0 Å². The third kappa shape index (κ3) is 0.956. The molecule has 1 rings (SSSR count). The van der Waals surface area contributed by atoms with E-state index >= 15 is 0 Å². The van der Waals surface area contributed by atoms with Gasteiger partial charge in [-0.3, -0.25) is 0 Å². The van der Waals surface area contributed by atoms with E-state index in [4.69, 9.17) is 10.5 Å². The summed E-state index contributed by atoms with van der Waals surface area (Å²) in [5.41, 5.74) is 5.96. The highest BCUT2D eigenvalue weighted by atomic mass is 16.5. The number of nitrogens with two attached hydrogens (primary N) is 1. The van der Waals surface area contributed by atoms with Gasteiger partial charge in [0.2, 0.25) is 0 Å². The van der Waals surface area contributed by atoms with Crippen LogP contribution in [0.25, 0.3) is 0 Å². The van der Waals surface area contributed by atoms with Crippen molar-refractivity contribution < 1.29 is 4.74 Å². The van der Waals surface area contributed by atoms with E-state index in [1.807, 2.05) is 0 Å². The molecule has 0 radical (unpaired) electrons. The molecule has 1 fully saturated rings. The predicted octanol–water partition coefficient (Wildman–Crippen LogP) is 1.15. The average molecular weight is 143 g/mol. The Balaban J connectivity index is 2.48. The fourth-order valence-corrected chi connectivity index (χ4v) is 1.66. The second kappa shape index (κ2) is 2.89. The van der Waals surface area contributed by atoms with E-state index < -0.39 is 0 Å². The minimum Gasteiger partial charge on any atom is -0.376 e. The van der Waals surface area contributed by atoms with Crippen LogP contribution in [-0.4, -0.2) is 19.3 Å². The van der Waals surface area contributed by atoms with Crippen LogP contribution in [0.15, 0.2) is 0 Å². The molecule has 1 atom stereocenters. The van der Waals surface area contributed by atoms with Crippen LogP contribution in [0.5, 0.6) is 0 Å².